The first-order valence-corrected chi connectivity index (χ1v) is 7.14. The van der Waals surface area contributed by atoms with Crippen molar-refractivity contribution in [3.63, 3.8) is 0 Å². The van der Waals surface area contributed by atoms with Crippen LogP contribution in [0, 0.1) is 0 Å². The Balaban J connectivity index is 2.03. The lowest BCUT2D eigenvalue weighted by molar-refractivity contribution is -0.126. The number of amides is 3. The molecule has 6 heteroatoms. The summed E-state index contributed by atoms with van der Waals surface area (Å²) in [5, 5.41) is 5.45. The number of imide groups is 1. The highest BCUT2D eigenvalue weighted by Gasteiger charge is 2.23. The molecule has 0 aromatic heterocycles. The van der Waals surface area contributed by atoms with Gasteiger partial charge in [0.15, 0.2) is 6.10 Å². The van der Waals surface area contributed by atoms with Crippen LogP contribution in [-0.2, 0) is 11.2 Å². The van der Waals surface area contributed by atoms with Crippen molar-refractivity contribution in [3.8, 4) is 5.75 Å². The summed E-state index contributed by atoms with van der Waals surface area (Å²) in [5.74, 6) is 0.0755. The number of rotatable bonds is 5. The van der Waals surface area contributed by atoms with Gasteiger partial charge < -0.3 is 15.8 Å². The van der Waals surface area contributed by atoms with Crippen molar-refractivity contribution in [2.45, 2.75) is 38.8 Å². The van der Waals surface area contributed by atoms with Crippen LogP contribution >= 0.6 is 0 Å². The largest absolute Gasteiger partial charge is 0.481 e. The van der Waals surface area contributed by atoms with Crippen LogP contribution in [-0.4, -0.2) is 24.6 Å². The van der Waals surface area contributed by atoms with Gasteiger partial charge in [0.1, 0.15) is 5.75 Å². The van der Waals surface area contributed by atoms with Crippen LogP contribution < -0.4 is 21.1 Å². The molecule has 1 aromatic carbocycles. The van der Waals surface area contributed by atoms with E-state index in [0.29, 0.717) is 11.8 Å². The number of hydrogen-bond donors (Lipinski definition) is 3. The number of carbonyl (C=O) groups excluding carboxylic acids is 2. The number of primary amides is 1. The molecular formula is C15H21N3O3. The molecule has 2 atom stereocenters. The highest BCUT2D eigenvalue weighted by atomic mass is 16.5. The van der Waals surface area contributed by atoms with Crippen molar-refractivity contribution in [2.24, 2.45) is 5.73 Å². The minimum absolute atomic E-state index is 0.398. The maximum absolute atomic E-state index is 11.6. The molecule has 2 rings (SSSR count). The number of nitrogens with one attached hydrogen (secondary N) is 2. The molecule has 0 fully saturated rings. The Morgan fingerprint density at radius 1 is 1.48 bits per heavy atom. The van der Waals surface area contributed by atoms with E-state index in [1.54, 1.807) is 6.92 Å². The second-order valence-corrected chi connectivity index (χ2v) is 5.12. The number of urea groups is 1. The first-order chi connectivity index (χ1) is 10.0. The lowest BCUT2D eigenvalue weighted by Crippen LogP contribution is -2.42. The van der Waals surface area contributed by atoms with Gasteiger partial charge in [0, 0.05) is 6.04 Å². The minimum atomic E-state index is -0.877. The van der Waals surface area contributed by atoms with Crippen LogP contribution in [0.1, 0.15) is 37.4 Å². The molecule has 1 aliphatic carbocycles. The van der Waals surface area contributed by atoms with Gasteiger partial charge in [-0.25, -0.2) is 4.79 Å². The summed E-state index contributed by atoms with van der Waals surface area (Å²) in [5.41, 5.74) is 7.44. The highest BCUT2D eigenvalue weighted by molar-refractivity contribution is 5.95. The lowest BCUT2D eigenvalue weighted by Gasteiger charge is -2.15. The molecule has 21 heavy (non-hydrogen) atoms. The fourth-order valence-corrected chi connectivity index (χ4v) is 2.61. The van der Waals surface area contributed by atoms with Gasteiger partial charge in [-0.3, -0.25) is 10.1 Å². The third-order valence-corrected chi connectivity index (χ3v) is 3.57. The Hall–Kier alpha value is -2.08. The first kappa shape index (κ1) is 15.3. The van der Waals surface area contributed by atoms with E-state index in [0.717, 1.165) is 19.4 Å². The molecule has 0 saturated carbocycles. The summed E-state index contributed by atoms with van der Waals surface area (Å²) >= 11 is 0. The van der Waals surface area contributed by atoms with E-state index in [2.05, 4.69) is 12.2 Å². The first-order valence-electron chi connectivity index (χ1n) is 7.14. The SMILES string of the molecule is CCNC1CCc2cc(OC(C)C(=O)NC(N)=O)ccc21. The summed E-state index contributed by atoms with van der Waals surface area (Å²) in [7, 11) is 0. The number of nitrogens with two attached hydrogens (primary N) is 1. The maximum atomic E-state index is 11.6. The highest BCUT2D eigenvalue weighted by Crippen LogP contribution is 2.33. The molecule has 1 aromatic rings. The average Bonchev–Trinajstić information content (AvgIpc) is 2.81. The van der Waals surface area contributed by atoms with E-state index in [-0.39, 0.29) is 0 Å². The number of aryl methyl sites for hydroxylation is 1. The van der Waals surface area contributed by atoms with Crippen molar-refractivity contribution in [3.05, 3.63) is 29.3 Å². The molecule has 4 N–H and O–H groups in total. The molecule has 2 unspecified atom stereocenters. The van der Waals surface area contributed by atoms with Gasteiger partial charge in [0.05, 0.1) is 0 Å². The Kier molecular flexibility index (Phi) is 4.80. The number of benzene rings is 1. The fraction of sp³-hybridized carbons (Fsp3) is 0.467. The molecule has 3 amide bonds. The van der Waals surface area contributed by atoms with Crippen molar-refractivity contribution < 1.29 is 14.3 Å². The van der Waals surface area contributed by atoms with Gasteiger partial charge in [0.2, 0.25) is 0 Å². The molecule has 0 spiro atoms. The molecule has 0 aliphatic heterocycles. The third kappa shape index (κ3) is 3.72. The Morgan fingerprint density at radius 3 is 2.90 bits per heavy atom. The van der Waals surface area contributed by atoms with Crippen molar-refractivity contribution in [2.75, 3.05) is 6.54 Å². The number of hydrogen-bond acceptors (Lipinski definition) is 4. The zero-order valence-corrected chi connectivity index (χ0v) is 12.3. The topological polar surface area (TPSA) is 93.4 Å². The normalized spacial score (nSPS) is 17.9. The standard InChI is InChI=1S/C15H21N3O3/c1-3-17-13-7-4-10-8-11(5-6-12(10)13)21-9(2)14(19)18-15(16)20/h5-6,8-9,13,17H,3-4,7H2,1-2H3,(H3,16,18,19,20). The quantitative estimate of drug-likeness (QED) is 0.761. The van der Waals surface area contributed by atoms with Gasteiger partial charge in [-0.05, 0) is 49.6 Å². The second-order valence-electron chi connectivity index (χ2n) is 5.12. The van der Waals surface area contributed by atoms with Gasteiger partial charge in [-0.15, -0.1) is 0 Å². The van der Waals surface area contributed by atoms with Gasteiger partial charge in [-0.1, -0.05) is 13.0 Å². The smallest absolute Gasteiger partial charge is 0.318 e. The lowest BCUT2D eigenvalue weighted by atomic mass is 10.1. The fourth-order valence-electron chi connectivity index (χ4n) is 2.61. The summed E-state index contributed by atoms with van der Waals surface area (Å²) in [4.78, 5) is 22.2. The van der Waals surface area contributed by atoms with E-state index in [1.165, 1.54) is 11.1 Å². The van der Waals surface area contributed by atoms with Crippen LogP contribution in [0.2, 0.25) is 0 Å². The minimum Gasteiger partial charge on any atom is -0.481 e. The van der Waals surface area contributed by atoms with Gasteiger partial charge in [-0.2, -0.15) is 0 Å². The Bertz CT molecular complexity index is 545. The van der Waals surface area contributed by atoms with Crippen LogP contribution in [0.15, 0.2) is 18.2 Å². The molecular weight excluding hydrogens is 270 g/mol. The van der Waals surface area contributed by atoms with E-state index >= 15 is 0 Å². The van der Waals surface area contributed by atoms with E-state index in [9.17, 15) is 9.59 Å². The van der Waals surface area contributed by atoms with Crippen molar-refractivity contribution in [1.82, 2.24) is 10.6 Å². The summed E-state index contributed by atoms with van der Waals surface area (Å²) < 4.78 is 5.56. The van der Waals surface area contributed by atoms with E-state index in [4.69, 9.17) is 10.5 Å². The molecule has 0 radical (unpaired) electrons. The molecule has 1 aliphatic rings. The number of fused-ring (bicyclic) bond motifs is 1. The van der Waals surface area contributed by atoms with Gasteiger partial charge in [0.25, 0.3) is 5.91 Å². The predicted molar refractivity (Wildman–Crippen MR) is 79.0 cm³/mol. The summed E-state index contributed by atoms with van der Waals surface area (Å²) in [6.07, 6.45) is 1.29. The second kappa shape index (κ2) is 6.58. The Labute approximate surface area is 124 Å². The Morgan fingerprint density at radius 2 is 2.24 bits per heavy atom. The molecule has 114 valence electrons. The monoisotopic (exact) mass is 291 g/mol. The van der Waals surface area contributed by atoms with Crippen molar-refractivity contribution in [1.29, 1.82) is 0 Å². The van der Waals surface area contributed by atoms with Gasteiger partial charge >= 0.3 is 6.03 Å². The average molecular weight is 291 g/mol. The number of ether oxygens (including phenoxy) is 1. The molecule has 0 saturated heterocycles. The maximum Gasteiger partial charge on any atom is 0.318 e. The molecule has 6 nitrogen and oxygen atoms in total. The van der Waals surface area contributed by atoms with Crippen LogP contribution in [0.4, 0.5) is 4.79 Å². The third-order valence-electron chi connectivity index (χ3n) is 3.57. The van der Waals surface area contributed by atoms with E-state index in [1.807, 2.05) is 23.5 Å². The van der Waals surface area contributed by atoms with Crippen LogP contribution in [0.25, 0.3) is 0 Å². The van der Waals surface area contributed by atoms with E-state index < -0.39 is 18.0 Å². The van der Waals surface area contributed by atoms with Crippen molar-refractivity contribution >= 4 is 11.9 Å². The zero-order chi connectivity index (χ0) is 15.4. The summed E-state index contributed by atoms with van der Waals surface area (Å²) in [6, 6.07) is 5.36. The molecule has 0 heterocycles. The number of carbonyl (C=O) groups is 2. The van der Waals surface area contributed by atoms with Crippen LogP contribution in [0.5, 0.6) is 5.75 Å². The van der Waals surface area contributed by atoms with Crippen LogP contribution in [0.3, 0.4) is 0 Å². The predicted octanol–water partition coefficient (Wildman–Crippen LogP) is 1.25. The molecule has 0 bridgehead atoms. The summed E-state index contributed by atoms with van der Waals surface area (Å²) in [6.45, 7) is 4.61. The zero-order valence-electron chi connectivity index (χ0n) is 12.3.